The summed E-state index contributed by atoms with van der Waals surface area (Å²) in [6.45, 7) is 0.145. The third kappa shape index (κ3) is 6.07. The highest BCUT2D eigenvalue weighted by Gasteiger charge is 2.04. The first-order valence-corrected chi connectivity index (χ1v) is 8.79. The molecule has 0 aliphatic heterocycles. The van der Waals surface area contributed by atoms with Crippen LogP contribution in [0.2, 0.25) is 5.02 Å². The maximum absolute atomic E-state index is 11.8. The number of hydrogen-bond donors (Lipinski definition) is 1. The Balaban J connectivity index is 1.40. The maximum atomic E-state index is 11.8. The van der Waals surface area contributed by atoms with Crippen LogP contribution >= 0.6 is 11.6 Å². The van der Waals surface area contributed by atoms with Gasteiger partial charge in [0, 0.05) is 24.0 Å². The van der Waals surface area contributed by atoms with Crippen LogP contribution in [-0.4, -0.2) is 28.7 Å². The van der Waals surface area contributed by atoms with Crippen LogP contribution in [-0.2, 0) is 16.2 Å². The zero-order valence-corrected chi connectivity index (χ0v) is 15.5. The van der Waals surface area contributed by atoms with Crippen LogP contribution in [0.1, 0.15) is 11.1 Å². The first-order valence-electron chi connectivity index (χ1n) is 8.41. The first kappa shape index (κ1) is 19.3. The zero-order valence-electron chi connectivity index (χ0n) is 14.8. The summed E-state index contributed by atoms with van der Waals surface area (Å²) in [4.78, 5) is 24.8. The van der Waals surface area contributed by atoms with Crippen molar-refractivity contribution in [2.75, 3.05) is 6.61 Å². The summed E-state index contributed by atoms with van der Waals surface area (Å²) in [5.74, 6) is 0.312. The first-order chi connectivity index (χ1) is 13.7. The summed E-state index contributed by atoms with van der Waals surface area (Å²) < 4.78 is 5.50. The number of hydrogen-bond acceptors (Lipinski definition) is 6. The zero-order chi connectivity index (χ0) is 19.6. The van der Waals surface area contributed by atoms with Gasteiger partial charge in [-0.3, -0.25) is 4.79 Å². The molecule has 3 aromatic rings. The molecule has 7 nitrogen and oxygen atoms in total. The van der Waals surface area contributed by atoms with Gasteiger partial charge < -0.3 is 14.9 Å². The number of aromatic nitrogens is 2. The van der Waals surface area contributed by atoms with E-state index in [1.807, 2.05) is 18.2 Å². The van der Waals surface area contributed by atoms with Gasteiger partial charge in [0.1, 0.15) is 5.75 Å². The largest absolute Gasteiger partial charge is 0.424 e. The van der Waals surface area contributed by atoms with Gasteiger partial charge in [-0.25, -0.2) is 9.97 Å². The molecule has 0 aliphatic carbocycles. The Bertz CT molecular complexity index is 934. The Labute approximate surface area is 167 Å². The summed E-state index contributed by atoms with van der Waals surface area (Å²) in [6.07, 6.45) is 4.71. The molecule has 1 amide bonds. The molecule has 0 spiro atoms. The van der Waals surface area contributed by atoms with Crippen LogP contribution in [0.5, 0.6) is 11.8 Å². The minimum Gasteiger partial charge on any atom is -0.424 e. The molecule has 0 aliphatic rings. The molecule has 0 bridgehead atoms. The number of carbonyl (C=O) groups excluding carboxylic acids is 1. The molecule has 142 valence electrons. The maximum Gasteiger partial charge on any atom is 0.321 e. The third-order valence-corrected chi connectivity index (χ3v) is 3.91. The monoisotopic (exact) mass is 396 g/mol. The Morgan fingerprint density at radius 3 is 2.57 bits per heavy atom. The second-order valence-electron chi connectivity index (χ2n) is 5.58. The number of halogens is 1. The summed E-state index contributed by atoms with van der Waals surface area (Å²) in [7, 11) is 0. The molecule has 8 heteroatoms. The Morgan fingerprint density at radius 1 is 1.07 bits per heavy atom. The smallest absolute Gasteiger partial charge is 0.321 e. The van der Waals surface area contributed by atoms with Crippen molar-refractivity contribution in [3.63, 3.8) is 0 Å². The third-order valence-electron chi connectivity index (χ3n) is 3.54. The van der Waals surface area contributed by atoms with Gasteiger partial charge in [0.25, 0.3) is 5.91 Å². The molecule has 2 aromatic carbocycles. The molecule has 1 aromatic heterocycles. The van der Waals surface area contributed by atoms with Crippen molar-refractivity contribution in [1.82, 2.24) is 15.3 Å². The van der Waals surface area contributed by atoms with E-state index in [0.29, 0.717) is 17.3 Å². The molecule has 0 unspecified atom stereocenters. The molecule has 0 fully saturated rings. The van der Waals surface area contributed by atoms with E-state index in [-0.39, 0.29) is 18.5 Å². The van der Waals surface area contributed by atoms with Crippen LogP contribution in [0.4, 0.5) is 0 Å². The van der Waals surface area contributed by atoms with Crippen molar-refractivity contribution in [2.45, 2.75) is 6.54 Å². The number of oxime groups is 1. The normalized spacial score (nSPS) is 10.6. The van der Waals surface area contributed by atoms with E-state index < -0.39 is 0 Å². The van der Waals surface area contributed by atoms with Crippen molar-refractivity contribution in [1.29, 1.82) is 0 Å². The number of carbonyl (C=O) groups is 1. The van der Waals surface area contributed by atoms with Crippen LogP contribution < -0.4 is 10.1 Å². The number of nitrogens with zero attached hydrogens (tertiary/aromatic N) is 3. The van der Waals surface area contributed by atoms with Gasteiger partial charge in [0.2, 0.25) is 0 Å². The van der Waals surface area contributed by atoms with Crippen molar-refractivity contribution in [2.24, 2.45) is 5.16 Å². The summed E-state index contributed by atoms with van der Waals surface area (Å²) in [6, 6.07) is 16.4. The van der Waals surface area contributed by atoms with Crippen molar-refractivity contribution >= 4 is 23.7 Å². The van der Waals surface area contributed by atoms with Gasteiger partial charge in [0.15, 0.2) is 6.61 Å². The van der Waals surface area contributed by atoms with E-state index in [4.69, 9.17) is 21.2 Å². The highest BCUT2D eigenvalue weighted by atomic mass is 35.5. The van der Waals surface area contributed by atoms with Crippen molar-refractivity contribution in [3.05, 3.63) is 83.1 Å². The Morgan fingerprint density at radius 2 is 1.82 bits per heavy atom. The minimum atomic E-state index is -0.288. The standard InChI is InChI=1S/C20H17ClN4O3/c21-18-5-2-1-4-16(18)13-24-19(26)14-27-25-12-15-6-8-17(9-7-15)28-20-22-10-3-11-23-20/h1-12H,13-14H2,(H,24,26)/b25-12+. The van der Waals surface area contributed by atoms with Crippen LogP contribution in [0, 0.1) is 0 Å². The molecular weight excluding hydrogens is 380 g/mol. The lowest BCUT2D eigenvalue weighted by molar-refractivity contribution is -0.125. The average Bonchev–Trinajstić information content (AvgIpc) is 2.72. The highest BCUT2D eigenvalue weighted by Crippen LogP contribution is 2.17. The van der Waals surface area contributed by atoms with Gasteiger partial charge in [-0.1, -0.05) is 35.0 Å². The lowest BCUT2D eigenvalue weighted by atomic mass is 10.2. The quantitative estimate of drug-likeness (QED) is 0.464. The fourth-order valence-electron chi connectivity index (χ4n) is 2.15. The fourth-order valence-corrected chi connectivity index (χ4v) is 2.35. The lowest BCUT2D eigenvalue weighted by Crippen LogP contribution is -2.26. The number of benzene rings is 2. The molecule has 0 radical (unpaired) electrons. The number of amides is 1. The topological polar surface area (TPSA) is 85.7 Å². The van der Waals surface area contributed by atoms with Gasteiger partial charge in [-0.15, -0.1) is 0 Å². The summed E-state index contributed by atoms with van der Waals surface area (Å²) in [5, 5.41) is 7.11. The molecule has 0 saturated heterocycles. The van der Waals surface area contributed by atoms with Gasteiger partial charge in [0.05, 0.1) is 6.21 Å². The van der Waals surface area contributed by atoms with E-state index >= 15 is 0 Å². The average molecular weight is 397 g/mol. The van der Waals surface area contributed by atoms with Crippen LogP contribution in [0.3, 0.4) is 0 Å². The Kier molecular flexibility index (Phi) is 6.92. The SMILES string of the molecule is O=C(CO/N=C/c1ccc(Oc2ncccn2)cc1)NCc1ccccc1Cl. The second-order valence-corrected chi connectivity index (χ2v) is 5.99. The predicted octanol–water partition coefficient (Wildman–Crippen LogP) is 3.59. The van der Waals surface area contributed by atoms with Gasteiger partial charge >= 0.3 is 6.01 Å². The van der Waals surface area contributed by atoms with E-state index in [0.717, 1.165) is 11.1 Å². The van der Waals surface area contributed by atoms with E-state index in [1.165, 1.54) is 6.21 Å². The van der Waals surface area contributed by atoms with Crippen molar-refractivity contribution in [3.8, 4) is 11.8 Å². The van der Waals surface area contributed by atoms with Crippen LogP contribution in [0.25, 0.3) is 0 Å². The number of nitrogens with one attached hydrogen (secondary N) is 1. The molecule has 3 rings (SSSR count). The highest BCUT2D eigenvalue weighted by molar-refractivity contribution is 6.31. The molecule has 0 atom stereocenters. The van der Waals surface area contributed by atoms with Gasteiger partial charge in [-0.2, -0.15) is 0 Å². The molecule has 28 heavy (non-hydrogen) atoms. The summed E-state index contributed by atoms with van der Waals surface area (Å²) in [5.41, 5.74) is 1.63. The summed E-state index contributed by atoms with van der Waals surface area (Å²) >= 11 is 6.04. The Hall–Kier alpha value is -3.45. The molecule has 1 N–H and O–H groups in total. The molecular formula is C20H17ClN4O3. The fraction of sp³-hybridized carbons (Fsp3) is 0.100. The lowest BCUT2D eigenvalue weighted by Gasteiger charge is -2.06. The van der Waals surface area contributed by atoms with Gasteiger partial charge in [-0.05, 0) is 47.5 Å². The van der Waals surface area contributed by atoms with E-state index in [9.17, 15) is 4.79 Å². The minimum absolute atomic E-state index is 0.187. The number of ether oxygens (including phenoxy) is 1. The van der Waals surface area contributed by atoms with Crippen molar-refractivity contribution < 1.29 is 14.4 Å². The molecule has 0 saturated carbocycles. The predicted molar refractivity (Wildman–Crippen MR) is 105 cm³/mol. The molecule has 1 heterocycles. The van der Waals surface area contributed by atoms with E-state index in [2.05, 4.69) is 20.4 Å². The number of rotatable bonds is 8. The van der Waals surface area contributed by atoms with Crippen LogP contribution in [0.15, 0.2) is 72.1 Å². The second kappa shape index (κ2) is 10.0. The van der Waals surface area contributed by atoms with E-state index in [1.54, 1.807) is 48.8 Å².